The number of fused-ring (bicyclic) bond motifs is 1. The van der Waals surface area contributed by atoms with Crippen LogP contribution in [0.2, 0.25) is 0 Å². The van der Waals surface area contributed by atoms with Crippen molar-refractivity contribution in [2.75, 3.05) is 13.1 Å². The maximum absolute atomic E-state index is 3.64. The molecule has 1 aromatic carbocycles. The number of piperidine rings is 1. The van der Waals surface area contributed by atoms with Crippen molar-refractivity contribution in [1.29, 1.82) is 0 Å². The first-order valence-corrected chi connectivity index (χ1v) is 6.32. The molecule has 2 N–H and O–H groups in total. The van der Waals surface area contributed by atoms with Gasteiger partial charge in [0.2, 0.25) is 0 Å². The summed E-state index contributed by atoms with van der Waals surface area (Å²) in [5.74, 6) is 1.81. The van der Waals surface area contributed by atoms with Gasteiger partial charge in [0.1, 0.15) is 0 Å². The fraction of sp³-hybridized carbons (Fsp3) is 0.500. The van der Waals surface area contributed by atoms with Crippen molar-refractivity contribution in [3.63, 3.8) is 0 Å². The average Bonchev–Trinajstić information content (AvgIpc) is 2.71. The van der Waals surface area contributed by atoms with E-state index in [0.717, 1.165) is 28.9 Å². The summed E-state index contributed by atoms with van der Waals surface area (Å²) in [4.78, 5) is 0. The highest BCUT2D eigenvalue weighted by Crippen LogP contribution is 2.41. The number of halogens is 1. The van der Waals surface area contributed by atoms with Crippen molar-refractivity contribution in [2.45, 2.75) is 12.6 Å². The van der Waals surface area contributed by atoms with Crippen LogP contribution in [0.25, 0.3) is 0 Å². The molecule has 1 heterocycles. The summed E-state index contributed by atoms with van der Waals surface area (Å²) in [6.45, 7) is 3.43. The predicted octanol–water partition coefficient (Wildman–Crippen LogP) is 1.76. The third-order valence-electron chi connectivity index (χ3n) is 3.55. The van der Waals surface area contributed by atoms with Crippen LogP contribution in [0.1, 0.15) is 5.56 Å². The SMILES string of the molecule is Brc1ccc(CNC2[C@H]3CNC[C@@H]23)cc1. The van der Waals surface area contributed by atoms with E-state index >= 15 is 0 Å². The van der Waals surface area contributed by atoms with Crippen molar-refractivity contribution >= 4 is 15.9 Å². The average molecular weight is 267 g/mol. The Morgan fingerprint density at radius 3 is 2.53 bits per heavy atom. The van der Waals surface area contributed by atoms with E-state index in [4.69, 9.17) is 0 Å². The minimum atomic E-state index is 0.773. The second-order valence-corrected chi connectivity index (χ2v) is 5.43. The van der Waals surface area contributed by atoms with Crippen molar-refractivity contribution in [3.8, 4) is 0 Å². The molecule has 15 heavy (non-hydrogen) atoms. The Kier molecular flexibility index (Phi) is 2.54. The highest BCUT2D eigenvalue weighted by atomic mass is 79.9. The van der Waals surface area contributed by atoms with Crippen LogP contribution >= 0.6 is 15.9 Å². The molecule has 0 amide bonds. The molecule has 3 atom stereocenters. The number of nitrogens with one attached hydrogen (secondary N) is 2. The largest absolute Gasteiger partial charge is 0.316 e. The number of hydrogen-bond acceptors (Lipinski definition) is 2. The van der Waals surface area contributed by atoms with E-state index in [-0.39, 0.29) is 0 Å². The highest BCUT2D eigenvalue weighted by molar-refractivity contribution is 9.10. The van der Waals surface area contributed by atoms with Gasteiger partial charge in [-0.3, -0.25) is 0 Å². The monoisotopic (exact) mass is 266 g/mol. The van der Waals surface area contributed by atoms with E-state index < -0.39 is 0 Å². The highest BCUT2D eigenvalue weighted by Gasteiger charge is 2.52. The molecule has 2 fully saturated rings. The van der Waals surface area contributed by atoms with Crippen LogP contribution in [0.3, 0.4) is 0 Å². The summed E-state index contributed by atoms with van der Waals surface area (Å²) in [5, 5.41) is 7.05. The molecule has 1 saturated heterocycles. The van der Waals surface area contributed by atoms with Crippen LogP contribution in [0.15, 0.2) is 28.7 Å². The molecule has 1 saturated carbocycles. The topological polar surface area (TPSA) is 24.1 Å². The van der Waals surface area contributed by atoms with Gasteiger partial charge in [0.15, 0.2) is 0 Å². The van der Waals surface area contributed by atoms with Crippen molar-refractivity contribution in [3.05, 3.63) is 34.3 Å². The third kappa shape index (κ3) is 1.96. The quantitative estimate of drug-likeness (QED) is 0.872. The lowest BCUT2D eigenvalue weighted by Gasteiger charge is -2.07. The molecule has 2 nitrogen and oxygen atoms in total. The maximum Gasteiger partial charge on any atom is 0.0208 e. The lowest BCUT2D eigenvalue weighted by molar-refractivity contribution is 0.566. The first kappa shape index (κ1) is 9.82. The van der Waals surface area contributed by atoms with E-state index in [0.29, 0.717) is 0 Å². The number of hydrogen-bond donors (Lipinski definition) is 2. The third-order valence-corrected chi connectivity index (χ3v) is 4.08. The lowest BCUT2D eigenvalue weighted by Crippen LogP contribution is -2.27. The van der Waals surface area contributed by atoms with Crippen molar-refractivity contribution in [1.82, 2.24) is 10.6 Å². The van der Waals surface area contributed by atoms with Gasteiger partial charge in [-0.05, 0) is 42.6 Å². The molecule has 80 valence electrons. The molecule has 3 heteroatoms. The van der Waals surface area contributed by atoms with Gasteiger partial charge in [-0.25, -0.2) is 0 Å². The minimum Gasteiger partial charge on any atom is -0.316 e. The standard InChI is InChI=1S/C12H15BrN2/c13-9-3-1-8(2-4-9)5-15-12-10-6-14-7-11(10)12/h1-4,10-12,14-15H,5-7H2/t10-,11+,12?. The molecule has 1 unspecified atom stereocenters. The number of rotatable bonds is 3. The summed E-state index contributed by atoms with van der Waals surface area (Å²) < 4.78 is 1.15. The van der Waals surface area contributed by atoms with Crippen LogP contribution < -0.4 is 10.6 Å². The van der Waals surface area contributed by atoms with Crippen LogP contribution in [0.5, 0.6) is 0 Å². The molecule has 2 aliphatic rings. The van der Waals surface area contributed by atoms with E-state index in [1.54, 1.807) is 0 Å². The first-order chi connectivity index (χ1) is 7.34. The smallest absolute Gasteiger partial charge is 0.0208 e. The molecule has 1 aromatic rings. The van der Waals surface area contributed by atoms with Crippen LogP contribution in [-0.4, -0.2) is 19.1 Å². The van der Waals surface area contributed by atoms with Gasteiger partial charge in [-0.15, -0.1) is 0 Å². The Bertz CT molecular complexity index is 339. The van der Waals surface area contributed by atoms with E-state index in [1.807, 2.05) is 0 Å². The summed E-state index contributed by atoms with van der Waals surface area (Å²) in [6, 6.07) is 9.33. The molecule has 0 bridgehead atoms. The zero-order valence-electron chi connectivity index (χ0n) is 8.54. The Morgan fingerprint density at radius 1 is 1.20 bits per heavy atom. The Morgan fingerprint density at radius 2 is 1.87 bits per heavy atom. The van der Waals surface area contributed by atoms with Crippen LogP contribution in [0, 0.1) is 11.8 Å². The number of benzene rings is 1. The Balaban J connectivity index is 1.52. The van der Waals surface area contributed by atoms with Gasteiger partial charge < -0.3 is 10.6 Å². The summed E-state index contributed by atoms with van der Waals surface area (Å²) in [5.41, 5.74) is 1.37. The molecule has 0 aromatic heterocycles. The maximum atomic E-state index is 3.64. The Hall–Kier alpha value is -0.380. The molecule has 3 rings (SSSR count). The second-order valence-electron chi connectivity index (χ2n) is 4.52. The van der Waals surface area contributed by atoms with Gasteiger partial charge in [0, 0.05) is 17.1 Å². The lowest BCUT2D eigenvalue weighted by atomic mass is 10.2. The van der Waals surface area contributed by atoms with Gasteiger partial charge in [0.25, 0.3) is 0 Å². The normalized spacial score (nSPS) is 32.7. The predicted molar refractivity (Wildman–Crippen MR) is 64.6 cm³/mol. The van der Waals surface area contributed by atoms with E-state index in [2.05, 4.69) is 50.8 Å². The van der Waals surface area contributed by atoms with Crippen molar-refractivity contribution < 1.29 is 0 Å². The summed E-state index contributed by atoms with van der Waals surface area (Å²) in [7, 11) is 0. The fourth-order valence-electron chi connectivity index (χ4n) is 2.56. The van der Waals surface area contributed by atoms with Gasteiger partial charge >= 0.3 is 0 Å². The van der Waals surface area contributed by atoms with Gasteiger partial charge in [0.05, 0.1) is 0 Å². The van der Waals surface area contributed by atoms with Gasteiger partial charge in [-0.1, -0.05) is 28.1 Å². The summed E-state index contributed by atoms with van der Waals surface area (Å²) >= 11 is 3.45. The zero-order valence-corrected chi connectivity index (χ0v) is 10.1. The minimum absolute atomic E-state index is 0.773. The fourth-order valence-corrected chi connectivity index (χ4v) is 2.82. The van der Waals surface area contributed by atoms with E-state index in [1.165, 1.54) is 18.7 Å². The van der Waals surface area contributed by atoms with Crippen LogP contribution in [-0.2, 0) is 6.54 Å². The first-order valence-electron chi connectivity index (χ1n) is 5.53. The van der Waals surface area contributed by atoms with Crippen molar-refractivity contribution in [2.24, 2.45) is 11.8 Å². The second kappa shape index (κ2) is 3.89. The van der Waals surface area contributed by atoms with Crippen LogP contribution in [0.4, 0.5) is 0 Å². The summed E-state index contributed by atoms with van der Waals surface area (Å²) in [6.07, 6.45) is 0. The molecule has 0 spiro atoms. The Labute approximate surface area is 98.6 Å². The zero-order chi connectivity index (χ0) is 10.3. The molecular formula is C12H15BrN2. The molecule has 1 aliphatic carbocycles. The van der Waals surface area contributed by atoms with Gasteiger partial charge in [-0.2, -0.15) is 0 Å². The van der Waals surface area contributed by atoms with E-state index in [9.17, 15) is 0 Å². The molecular weight excluding hydrogens is 252 g/mol. The molecule has 0 radical (unpaired) electrons. The molecule has 1 aliphatic heterocycles.